The zero-order valence-electron chi connectivity index (χ0n) is 14.2. The maximum Gasteiger partial charge on any atom is 0.193 e. The number of allylic oxidation sites excluding steroid dienone is 3. The Morgan fingerprint density at radius 2 is 2.08 bits per heavy atom. The summed E-state index contributed by atoms with van der Waals surface area (Å²) in [5.74, 6) is 2.03. The third-order valence-corrected chi connectivity index (χ3v) is 5.21. The van der Waals surface area contributed by atoms with Gasteiger partial charge in [-0.1, -0.05) is 11.2 Å². The number of hydrogen-bond donors (Lipinski definition) is 0. The van der Waals surface area contributed by atoms with Crippen molar-refractivity contribution in [3.8, 4) is 0 Å². The largest absolute Gasteiger partial charge is 0.376 e. The molecule has 2 heterocycles. The van der Waals surface area contributed by atoms with Crippen molar-refractivity contribution in [1.29, 1.82) is 0 Å². The molecule has 1 aliphatic heterocycles. The number of hydrogen-bond acceptors (Lipinski definition) is 5. The number of nitrogens with zero attached hydrogens (tertiary/aromatic N) is 1. The second-order valence-electron chi connectivity index (χ2n) is 6.94. The zero-order chi connectivity index (χ0) is 16.7. The van der Waals surface area contributed by atoms with Crippen LogP contribution in [0.1, 0.15) is 36.3 Å². The van der Waals surface area contributed by atoms with E-state index in [0.29, 0.717) is 31.7 Å². The molecule has 24 heavy (non-hydrogen) atoms. The number of carbonyl (C=O) groups is 1. The van der Waals surface area contributed by atoms with Crippen LogP contribution in [0, 0.1) is 25.7 Å². The normalized spacial score (nSPS) is 27.6. The van der Waals surface area contributed by atoms with Gasteiger partial charge in [-0.05, 0) is 56.6 Å². The first-order valence-corrected chi connectivity index (χ1v) is 8.73. The SMILES string of the molecule is Cc1noc(C)c1C1=CC(C(=O)C2COCCO2)=CCC1C1CC1. The molecule has 1 saturated carbocycles. The van der Waals surface area contributed by atoms with Crippen LogP contribution in [0.2, 0.25) is 0 Å². The number of ether oxygens (including phenoxy) is 2. The van der Waals surface area contributed by atoms with E-state index >= 15 is 0 Å². The summed E-state index contributed by atoms with van der Waals surface area (Å²) in [6.45, 7) is 5.30. The van der Waals surface area contributed by atoms with Crippen LogP contribution in [-0.4, -0.2) is 36.9 Å². The van der Waals surface area contributed by atoms with Crippen LogP contribution >= 0.6 is 0 Å². The van der Waals surface area contributed by atoms with Gasteiger partial charge in [0.2, 0.25) is 0 Å². The van der Waals surface area contributed by atoms with E-state index in [1.807, 2.05) is 19.9 Å². The second-order valence-corrected chi connectivity index (χ2v) is 6.94. The van der Waals surface area contributed by atoms with Crippen molar-refractivity contribution in [2.45, 2.75) is 39.2 Å². The smallest absolute Gasteiger partial charge is 0.193 e. The average Bonchev–Trinajstić information content (AvgIpc) is 3.40. The quantitative estimate of drug-likeness (QED) is 0.850. The van der Waals surface area contributed by atoms with Gasteiger partial charge < -0.3 is 14.0 Å². The van der Waals surface area contributed by atoms with Crippen LogP contribution in [0.25, 0.3) is 5.57 Å². The molecule has 0 amide bonds. The maximum atomic E-state index is 12.8. The lowest BCUT2D eigenvalue weighted by Gasteiger charge is -2.26. The van der Waals surface area contributed by atoms with Crippen molar-refractivity contribution >= 4 is 11.4 Å². The molecule has 2 aliphatic carbocycles. The van der Waals surface area contributed by atoms with E-state index in [1.165, 1.54) is 18.4 Å². The van der Waals surface area contributed by atoms with E-state index in [1.54, 1.807) is 0 Å². The molecule has 2 atom stereocenters. The lowest BCUT2D eigenvalue weighted by Crippen LogP contribution is -2.36. The van der Waals surface area contributed by atoms with Crippen LogP contribution in [-0.2, 0) is 14.3 Å². The molecule has 0 N–H and O–H groups in total. The molecule has 1 saturated heterocycles. The summed E-state index contributed by atoms with van der Waals surface area (Å²) in [6, 6.07) is 0. The Bertz CT molecular complexity index is 685. The number of carbonyl (C=O) groups excluding carboxylic acids is 1. The van der Waals surface area contributed by atoms with Crippen molar-refractivity contribution in [3.63, 3.8) is 0 Å². The van der Waals surface area contributed by atoms with Crippen molar-refractivity contribution < 1.29 is 18.8 Å². The Balaban J connectivity index is 1.66. The molecule has 0 aromatic carbocycles. The predicted octanol–water partition coefficient (Wildman–Crippen LogP) is 3.02. The van der Waals surface area contributed by atoms with E-state index in [0.717, 1.165) is 29.0 Å². The zero-order valence-corrected chi connectivity index (χ0v) is 14.2. The van der Waals surface area contributed by atoms with E-state index in [-0.39, 0.29) is 5.78 Å². The molecule has 2 fully saturated rings. The minimum absolute atomic E-state index is 0.0215. The van der Waals surface area contributed by atoms with Gasteiger partial charge in [-0.3, -0.25) is 4.79 Å². The van der Waals surface area contributed by atoms with Crippen LogP contribution in [0.15, 0.2) is 22.2 Å². The fourth-order valence-electron chi connectivity index (χ4n) is 3.81. The highest BCUT2D eigenvalue weighted by molar-refractivity contribution is 6.03. The van der Waals surface area contributed by atoms with E-state index < -0.39 is 6.10 Å². The number of Topliss-reactive ketones (excluding diaryl/α,β-unsaturated/α-hetero) is 1. The molecule has 1 aromatic heterocycles. The van der Waals surface area contributed by atoms with Crippen LogP contribution in [0.3, 0.4) is 0 Å². The van der Waals surface area contributed by atoms with Gasteiger partial charge >= 0.3 is 0 Å². The van der Waals surface area contributed by atoms with Gasteiger partial charge in [-0.25, -0.2) is 0 Å². The fraction of sp³-hybridized carbons (Fsp3) is 0.579. The molecule has 4 rings (SSSR count). The monoisotopic (exact) mass is 329 g/mol. The highest BCUT2D eigenvalue weighted by Gasteiger charge is 2.38. The van der Waals surface area contributed by atoms with E-state index in [4.69, 9.17) is 14.0 Å². The van der Waals surface area contributed by atoms with Crippen molar-refractivity contribution in [2.24, 2.45) is 11.8 Å². The van der Waals surface area contributed by atoms with Gasteiger partial charge in [-0.15, -0.1) is 0 Å². The van der Waals surface area contributed by atoms with Crippen LogP contribution in [0.4, 0.5) is 0 Å². The van der Waals surface area contributed by atoms with E-state index in [9.17, 15) is 4.79 Å². The lowest BCUT2D eigenvalue weighted by molar-refractivity contribution is -0.141. The minimum Gasteiger partial charge on any atom is -0.376 e. The number of ketones is 1. The second kappa shape index (κ2) is 6.30. The summed E-state index contributed by atoms with van der Waals surface area (Å²) < 4.78 is 16.3. The summed E-state index contributed by atoms with van der Waals surface area (Å²) in [5, 5.41) is 4.10. The van der Waals surface area contributed by atoms with Gasteiger partial charge in [0.25, 0.3) is 0 Å². The minimum atomic E-state index is -0.482. The summed E-state index contributed by atoms with van der Waals surface area (Å²) in [7, 11) is 0. The first-order valence-electron chi connectivity index (χ1n) is 8.73. The molecular formula is C19H23NO4. The first kappa shape index (κ1) is 15.8. The average molecular weight is 329 g/mol. The standard InChI is InChI=1S/C19H23NO4/c1-11-18(12(2)24-20-11)16-9-14(5-6-15(16)13-3-4-13)19(21)17-10-22-7-8-23-17/h5,9,13,15,17H,3-4,6-8,10H2,1-2H3. The highest BCUT2D eigenvalue weighted by atomic mass is 16.6. The molecule has 2 unspecified atom stereocenters. The number of rotatable bonds is 4. The van der Waals surface area contributed by atoms with Crippen LogP contribution in [0.5, 0.6) is 0 Å². The molecule has 0 bridgehead atoms. The van der Waals surface area contributed by atoms with Gasteiger partial charge in [-0.2, -0.15) is 0 Å². The van der Waals surface area contributed by atoms with Crippen LogP contribution < -0.4 is 0 Å². The third-order valence-electron chi connectivity index (χ3n) is 5.21. The molecule has 5 heteroatoms. The Morgan fingerprint density at radius 3 is 2.71 bits per heavy atom. The predicted molar refractivity (Wildman–Crippen MR) is 88.4 cm³/mol. The first-order chi connectivity index (χ1) is 11.6. The fourth-order valence-corrected chi connectivity index (χ4v) is 3.81. The van der Waals surface area contributed by atoms with Crippen molar-refractivity contribution in [2.75, 3.05) is 19.8 Å². The van der Waals surface area contributed by atoms with Gasteiger partial charge in [0.1, 0.15) is 11.9 Å². The Hall–Kier alpha value is -1.72. The van der Waals surface area contributed by atoms with Crippen molar-refractivity contribution in [3.05, 3.63) is 34.7 Å². The molecule has 0 spiro atoms. The summed E-state index contributed by atoms with van der Waals surface area (Å²) in [4.78, 5) is 12.8. The molecule has 0 radical (unpaired) electrons. The third kappa shape index (κ3) is 2.87. The Labute approximate surface area is 141 Å². The van der Waals surface area contributed by atoms with Gasteiger partial charge in [0.05, 0.1) is 25.5 Å². The Kier molecular flexibility index (Phi) is 4.14. The molecule has 1 aromatic rings. The van der Waals surface area contributed by atoms with Crippen molar-refractivity contribution in [1.82, 2.24) is 5.16 Å². The maximum absolute atomic E-state index is 12.8. The molecule has 3 aliphatic rings. The topological polar surface area (TPSA) is 61.6 Å². The van der Waals surface area contributed by atoms with E-state index in [2.05, 4.69) is 11.2 Å². The Morgan fingerprint density at radius 1 is 1.25 bits per heavy atom. The lowest BCUT2D eigenvalue weighted by atomic mass is 9.79. The van der Waals surface area contributed by atoms with Gasteiger partial charge in [0, 0.05) is 11.1 Å². The summed E-state index contributed by atoms with van der Waals surface area (Å²) in [6.07, 6.45) is 7.06. The summed E-state index contributed by atoms with van der Waals surface area (Å²) >= 11 is 0. The summed E-state index contributed by atoms with van der Waals surface area (Å²) in [5.41, 5.74) is 3.91. The number of aryl methyl sites for hydroxylation is 2. The number of aromatic nitrogens is 1. The highest BCUT2D eigenvalue weighted by Crippen LogP contribution is 2.48. The molecule has 5 nitrogen and oxygen atoms in total. The molecule has 128 valence electrons. The molecular weight excluding hydrogens is 306 g/mol. The van der Waals surface area contributed by atoms with Gasteiger partial charge in [0.15, 0.2) is 5.78 Å².